The van der Waals surface area contributed by atoms with Crippen molar-refractivity contribution >= 4 is 7.82 Å². The van der Waals surface area contributed by atoms with Crippen LogP contribution in [0.15, 0.2) is 0 Å². The van der Waals surface area contributed by atoms with Crippen LogP contribution in [0.5, 0.6) is 0 Å². The molecule has 30 fully saturated rings. The Kier molecular flexibility index (Phi) is 25.5. The zero-order valence-electron chi connectivity index (χ0n) is 47.7. The van der Waals surface area contributed by atoms with Crippen molar-refractivity contribution in [2.24, 2.45) is 0 Å². The van der Waals surface area contributed by atoms with Crippen LogP contribution in [-0.4, -0.2) is 426 Å². The van der Waals surface area contributed by atoms with Crippen LogP contribution in [0.2, 0.25) is 0 Å². The van der Waals surface area contributed by atoms with E-state index >= 15 is 0 Å². The lowest BCUT2D eigenvalue weighted by molar-refractivity contribution is -0.404. The Hall–Kier alpha value is -1.45. The van der Waals surface area contributed by atoms with Crippen molar-refractivity contribution in [3.63, 3.8) is 0 Å². The SMILES string of the molecule is O=P(O)(O)OC[C@H]1O[C@@H]2O[C@H]3[C@@H](O)[C@H](O)[C@@H](O[C@H]4[C@@H](O)[C@H](O)[C@@H](O[C@H]5[C@H](O)[C@@H](O)[C@@H](O[C@H]6[C@@H](O)[C@H](O)[C@@H](O[C@H]7[C@H](O)[C@@H](O)[C@@H](O[C@H]8[C@H](O)[C@@H](O)[C@@H](O[C@H]9[C@H](O)[C@@H](O)[C@@H](O[C@H]1[C@H](O)[C@H]2O)O[C@@H]9CO)O[C@@H]8CO)O[C@@H]7CO)O[C@@H]6CO)O[C@@H]5CO)O[C@@H]4CO)O[C@@H]3CO. The summed E-state index contributed by atoms with van der Waals surface area (Å²) < 4.78 is 108. The van der Waals surface area contributed by atoms with E-state index in [9.17, 15) is 132 Å². The molecule has 0 aromatic rings. The third-order valence-corrected chi connectivity index (χ3v) is 17.6. The number of aliphatic hydroxyl groups excluding tert-OH is 23. The van der Waals surface area contributed by atoms with Crippen molar-refractivity contribution in [1.82, 2.24) is 0 Å². The van der Waals surface area contributed by atoms with Gasteiger partial charge in [0.1, 0.15) is 195 Å². The molecule has 0 saturated carbocycles. The molecule has 0 unspecified atom stereocenters. The highest BCUT2D eigenvalue weighted by atomic mass is 31.2. The monoisotopic (exact) mass is 1380 g/mol. The van der Waals surface area contributed by atoms with Crippen molar-refractivity contribution in [2.75, 3.05) is 52.9 Å². The zero-order chi connectivity index (χ0) is 67.3. The van der Waals surface area contributed by atoms with Crippen LogP contribution in [0.4, 0.5) is 0 Å². The molecule has 40 atom stereocenters. The lowest BCUT2D eigenvalue weighted by Gasteiger charge is -2.50. The van der Waals surface area contributed by atoms with Gasteiger partial charge in [0.25, 0.3) is 0 Å². The van der Waals surface area contributed by atoms with Crippen LogP contribution < -0.4 is 0 Å². The van der Waals surface area contributed by atoms with E-state index < -0.39 is 306 Å². The summed E-state index contributed by atoms with van der Waals surface area (Å²) in [5, 5.41) is 255. The Morgan fingerprint density at radius 1 is 0.217 bits per heavy atom. The van der Waals surface area contributed by atoms with Crippen molar-refractivity contribution in [1.29, 1.82) is 0 Å². The van der Waals surface area contributed by atoms with Crippen LogP contribution in [0.1, 0.15) is 0 Å². The molecule has 16 bridgehead atoms. The van der Waals surface area contributed by atoms with Crippen LogP contribution in [0.3, 0.4) is 0 Å². The van der Waals surface area contributed by atoms with Gasteiger partial charge in [0.2, 0.25) is 0 Å². The maximum atomic E-state index is 12.0. The van der Waals surface area contributed by atoms with Crippen LogP contribution in [0.25, 0.3) is 0 Å². The van der Waals surface area contributed by atoms with Gasteiger partial charge in [-0.25, -0.2) is 4.57 Å². The zero-order valence-corrected chi connectivity index (χ0v) is 48.6. The molecule has 43 nitrogen and oxygen atoms in total. The molecule has 0 aromatic heterocycles. The predicted octanol–water partition coefficient (Wildman–Crippen LogP) is -17.3. The normalized spacial score (nSPS) is 53.7. The number of hydrogen-bond acceptors (Lipinski definition) is 41. The molecule has 0 aliphatic carbocycles. The first-order valence-electron chi connectivity index (χ1n) is 28.9. The highest BCUT2D eigenvalue weighted by Gasteiger charge is 2.60. The third kappa shape index (κ3) is 15.3. The van der Waals surface area contributed by atoms with E-state index in [2.05, 4.69) is 4.52 Å². The minimum Gasteiger partial charge on any atom is -0.394 e. The minimum atomic E-state index is -5.47. The number of phosphoric ester groups is 1. The molecule has 30 heterocycles. The molecule has 30 saturated heterocycles. The summed E-state index contributed by atoms with van der Waals surface area (Å²) in [5.74, 6) is 0. The standard InChI is InChI=1S/C48H81O43P/c49-1-9-33-17(56)25(64)41(76-9)85-34-10(2-50)78-43(27(66)19(34)58)87-36-12(4-52)80-45(29(68)21(36)60)89-38-14(6-54)82-47(31(70)23(38)62)91-40-16(8-75-92(72,73)74)83-48(32(71)24(40)63)90-39-15(7-55)81-46(30(69)22(39)61)88-37-13(5-53)79-44(28(67)20(37)59)86-35-11(3-51)77-42(84-33)26(65)18(35)57/h9-71H,1-8H2,(H2,72,73,74)/t9-,10-,11-,12-,13-,14-,15-,16-,17+,18-,19-,20+,21-,22+,23-,24-,25+,26-,27-,28+,29-,30+,31-,32-,33-,34-,35-,36-,37-,38-,39-,40-,41-,42-,43-,44-,45-,46-,47-,48-/m1/s1. The summed E-state index contributed by atoms with van der Waals surface area (Å²) >= 11 is 0. The van der Waals surface area contributed by atoms with E-state index in [4.69, 9.17) is 75.8 Å². The topological polar surface area (TPSA) is 680 Å². The maximum Gasteiger partial charge on any atom is 0.469 e. The third-order valence-electron chi connectivity index (χ3n) is 17.1. The van der Waals surface area contributed by atoms with E-state index in [1.54, 1.807) is 0 Å². The Balaban J connectivity index is 0.993. The van der Waals surface area contributed by atoms with Crippen molar-refractivity contribution in [2.45, 2.75) is 246 Å². The Morgan fingerprint density at radius 2 is 0.348 bits per heavy atom. The highest BCUT2D eigenvalue weighted by Crippen LogP contribution is 2.42. The molecule has 536 valence electrons. The summed E-state index contributed by atoms with van der Waals surface area (Å²) in [6, 6.07) is 0. The number of phosphoric acid groups is 1. The lowest BCUT2D eigenvalue weighted by Crippen LogP contribution is -2.69. The maximum absolute atomic E-state index is 12.0. The Bertz CT molecular complexity index is 2320. The molecule has 44 heteroatoms. The number of aliphatic hydroxyl groups is 23. The molecule has 30 rings (SSSR count). The first-order valence-corrected chi connectivity index (χ1v) is 30.4. The summed E-state index contributed by atoms with van der Waals surface area (Å²) in [6.07, 6.45) is -85.0. The van der Waals surface area contributed by atoms with Crippen molar-refractivity contribution in [3.8, 4) is 0 Å². The van der Waals surface area contributed by atoms with Gasteiger partial charge in [-0.2, -0.15) is 0 Å². The second-order valence-corrected chi connectivity index (χ2v) is 24.3. The van der Waals surface area contributed by atoms with Crippen LogP contribution in [-0.2, 0) is 84.9 Å². The van der Waals surface area contributed by atoms with Gasteiger partial charge in [-0.05, 0) is 0 Å². The van der Waals surface area contributed by atoms with Gasteiger partial charge in [-0.1, -0.05) is 0 Å². The van der Waals surface area contributed by atoms with Crippen molar-refractivity contribution in [3.05, 3.63) is 0 Å². The number of rotatable bonds is 10. The molecule has 0 aromatic carbocycles. The number of hydrogen-bond donors (Lipinski definition) is 25. The van der Waals surface area contributed by atoms with E-state index in [1.165, 1.54) is 0 Å². The minimum absolute atomic E-state index is 1.10. The van der Waals surface area contributed by atoms with Gasteiger partial charge in [0.05, 0.1) is 52.9 Å². The molecule has 30 aliphatic rings. The van der Waals surface area contributed by atoms with E-state index in [0.717, 1.165) is 0 Å². The fraction of sp³-hybridized carbons (Fsp3) is 1.00. The fourth-order valence-electron chi connectivity index (χ4n) is 12.1. The molecular formula is C48H81O43P. The summed E-state index contributed by atoms with van der Waals surface area (Å²) in [6.45, 7) is -9.15. The van der Waals surface area contributed by atoms with E-state index in [1.807, 2.05) is 0 Å². The van der Waals surface area contributed by atoms with Gasteiger partial charge in [0.15, 0.2) is 50.3 Å². The van der Waals surface area contributed by atoms with Gasteiger partial charge < -0.3 is 203 Å². The lowest BCUT2D eigenvalue weighted by atomic mass is 9.94. The first kappa shape index (κ1) is 74.8. The Labute approximate surface area is 517 Å². The molecule has 0 spiro atoms. The van der Waals surface area contributed by atoms with Crippen LogP contribution in [0, 0.1) is 0 Å². The average molecular weight is 1380 g/mol. The van der Waals surface area contributed by atoms with E-state index in [0.29, 0.717) is 0 Å². The molecule has 92 heavy (non-hydrogen) atoms. The molecule has 0 amide bonds. The molecule has 30 aliphatic heterocycles. The van der Waals surface area contributed by atoms with Gasteiger partial charge in [-0.3, -0.25) is 4.52 Å². The van der Waals surface area contributed by atoms with Crippen molar-refractivity contribution < 1.29 is 212 Å². The fourth-order valence-corrected chi connectivity index (χ4v) is 12.4. The predicted molar refractivity (Wildman–Crippen MR) is 272 cm³/mol. The average Bonchev–Trinajstić information content (AvgIpc) is 0.784. The van der Waals surface area contributed by atoms with Gasteiger partial charge in [-0.15, -0.1) is 0 Å². The van der Waals surface area contributed by atoms with Gasteiger partial charge >= 0.3 is 7.82 Å². The second kappa shape index (κ2) is 31.4. The summed E-state index contributed by atoms with van der Waals surface area (Å²) in [7, 11) is -5.47. The Morgan fingerprint density at radius 3 is 0.478 bits per heavy atom. The van der Waals surface area contributed by atoms with Crippen LogP contribution >= 0.6 is 7.82 Å². The van der Waals surface area contributed by atoms with E-state index in [-0.39, 0.29) is 0 Å². The molecule has 25 N–H and O–H groups in total. The second-order valence-electron chi connectivity index (χ2n) is 23.1. The van der Waals surface area contributed by atoms with Gasteiger partial charge in [0, 0.05) is 0 Å². The molecular weight excluding hydrogens is 1300 g/mol. The highest BCUT2D eigenvalue weighted by molar-refractivity contribution is 7.46. The summed E-state index contributed by atoms with van der Waals surface area (Å²) in [5.41, 5.74) is 0. The largest absolute Gasteiger partial charge is 0.469 e. The number of ether oxygens (including phenoxy) is 16. The summed E-state index contributed by atoms with van der Waals surface area (Å²) in [4.78, 5) is 19.2. The quantitative estimate of drug-likeness (QED) is 0.0903. The first-order chi connectivity index (χ1) is 43.5. The molecule has 0 radical (unpaired) electrons. The smallest absolute Gasteiger partial charge is 0.394 e.